The van der Waals surface area contributed by atoms with Crippen LogP contribution in [0.1, 0.15) is 66.4 Å². The number of piperidine rings is 1. The number of fused-ring (bicyclic) bond motifs is 1. The van der Waals surface area contributed by atoms with Crippen LogP contribution in [0.25, 0.3) is 0 Å². The second kappa shape index (κ2) is 13.6. The van der Waals surface area contributed by atoms with Crippen molar-refractivity contribution in [2.75, 3.05) is 43.4 Å². The molecular weight excluding hydrogens is 570 g/mol. The fourth-order valence-electron chi connectivity index (χ4n) is 6.76. The molecule has 11 heteroatoms. The molecule has 5 N–H and O–H groups in total. The zero-order valence-electron chi connectivity index (χ0n) is 25.5. The first-order valence-electron chi connectivity index (χ1n) is 16.0. The normalized spacial score (nSPS) is 23.2. The largest absolute Gasteiger partial charge is 0.399 e. The van der Waals surface area contributed by atoms with E-state index in [1.165, 1.54) is 0 Å². The summed E-state index contributed by atoms with van der Waals surface area (Å²) in [6, 6.07) is 13.4. The van der Waals surface area contributed by atoms with Crippen molar-refractivity contribution in [3.8, 4) is 11.8 Å². The number of nitrogens with two attached hydrogens (primary N) is 1. The highest BCUT2D eigenvalue weighted by atomic mass is 16.2. The van der Waals surface area contributed by atoms with E-state index in [2.05, 4.69) is 32.7 Å². The molecular formula is C34H41N7O4. The van der Waals surface area contributed by atoms with Crippen LogP contribution in [-0.4, -0.2) is 84.4 Å². The lowest BCUT2D eigenvalue weighted by molar-refractivity contribution is -0.136. The van der Waals surface area contributed by atoms with Gasteiger partial charge in [-0.25, -0.2) is 4.79 Å². The van der Waals surface area contributed by atoms with Crippen molar-refractivity contribution in [3.63, 3.8) is 0 Å². The molecule has 1 saturated carbocycles. The second-order valence-electron chi connectivity index (χ2n) is 12.3. The molecule has 1 atom stereocenters. The van der Waals surface area contributed by atoms with E-state index in [0.717, 1.165) is 67.8 Å². The predicted molar refractivity (Wildman–Crippen MR) is 171 cm³/mol. The van der Waals surface area contributed by atoms with Crippen molar-refractivity contribution in [1.82, 2.24) is 25.8 Å². The summed E-state index contributed by atoms with van der Waals surface area (Å²) in [4.78, 5) is 55.6. The summed E-state index contributed by atoms with van der Waals surface area (Å²) in [5, 5.41) is 9.21. The highest BCUT2D eigenvalue weighted by Gasteiger charge is 2.39. The quantitative estimate of drug-likeness (QED) is 0.170. The van der Waals surface area contributed by atoms with Crippen LogP contribution in [0.2, 0.25) is 0 Å². The van der Waals surface area contributed by atoms with Crippen LogP contribution in [0.4, 0.5) is 16.2 Å². The molecule has 4 aliphatic rings. The standard InChI is InChI=1S/C34H41N7O4/c35-24-7-13-27(14-8-24)39-18-20-40(21-19-39)34(45)37-26-11-9-25(10-12-26)36-17-2-1-4-23-5-3-6-28-29(23)22-41(33(28)44)30-15-16-31(42)38-32(30)43/h3,5-8,13-14,25-26,30,36H,2,9-12,15-22,35H2,(H,37,45)(H,38,42,43). The number of nitrogens with one attached hydrogen (secondary N) is 3. The monoisotopic (exact) mass is 611 g/mol. The molecule has 6 rings (SSSR count). The van der Waals surface area contributed by atoms with E-state index in [-0.39, 0.29) is 30.3 Å². The average Bonchev–Trinajstić information content (AvgIpc) is 3.38. The molecule has 1 aliphatic carbocycles. The summed E-state index contributed by atoms with van der Waals surface area (Å²) in [7, 11) is 0. The van der Waals surface area contributed by atoms with Crippen LogP contribution in [0.3, 0.4) is 0 Å². The van der Waals surface area contributed by atoms with Crippen molar-refractivity contribution in [2.24, 2.45) is 0 Å². The van der Waals surface area contributed by atoms with Gasteiger partial charge in [-0.3, -0.25) is 19.7 Å². The molecule has 0 bridgehead atoms. The number of hydrogen-bond donors (Lipinski definition) is 4. The van der Waals surface area contributed by atoms with Crippen molar-refractivity contribution in [1.29, 1.82) is 0 Å². The number of imide groups is 1. The van der Waals surface area contributed by atoms with Crippen LogP contribution in [-0.2, 0) is 16.1 Å². The van der Waals surface area contributed by atoms with Gasteiger partial charge >= 0.3 is 6.03 Å². The minimum atomic E-state index is -0.632. The number of carbonyl (C=O) groups excluding carboxylic acids is 4. The summed E-state index contributed by atoms with van der Waals surface area (Å²) in [5.41, 5.74) is 9.92. The first kappa shape index (κ1) is 30.5. The number of rotatable bonds is 6. The molecule has 2 aromatic carbocycles. The third kappa shape index (κ3) is 7.07. The molecule has 5 amide bonds. The van der Waals surface area contributed by atoms with Crippen LogP contribution in [0.5, 0.6) is 0 Å². The van der Waals surface area contributed by atoms with Gasteiger partial charge in [-0.15, -0.1) is 0 Å². The van der Waals surface area contributed by atoms with Gasteiger partial charge in [-0.05, 0) is 74.1 Å². The average molecular weight is 612 g/mol. The van der Waals surface area contributed by atoms with E-state index in [1.54, 1.807) is 11.0 Å². The number of amides is 5. The number of urea groups is 1. The number of carbonyl (C=O) groups is 4. The van der Waals surface area contributed by atoms with E-state index in [1.807, 2.05) is 41.3 Å². The fraction of sp³-hybridized carbons (Fsp3) is 0.471. The van der Waals surface area contributed by atoms with Crippen molar-refractivity contribution in [3.05, 3.63) is 59.2 Å². The van der Waals surface area contributed by atoms with Gasteiger partial charge < -0.3 is 31.1 Å². The SMILES string of the molecule is Nc1ccc(N2CCN(C(=O)NC3CCC(NCCC#Cc4cccc5c4CN(C4CCC(=O)NC4=O)C5=O)CC3)CC2)cc1. The van der Waals surface area contributed by atoms with Gasteiger partial charge in [0.2, 0.25) is 11.8 Å². The lowest BCUT2D eigenvalue weighted by atomic mass is 9.91. The third-order valence-corrected chi connectivity index (χ3v) is 9.37. The maximum Gasteiger partial charge on any atom is 0.317 e. The fourth-order valence-corrected chi connectivity index (χ4v) is 6.76. The molecule has 3 fully saturated rings. The lowest BCUT2D eigenvalue weighted by Crippen LogP contribution is -2.54. The molecule has 0 radical (unpaired) electrons. The summed E-state index contributed by atoms with van der Waals surface area (Å²) in [5.74, 6) is 5.59. The number of piperazine rings is 1. The van der Waals surface area contributed by atoms with Crippen molar-refractivity contribution in [2.45, 2.75) is 69.6 Å². The zero-order valence-corrected chi connectivity index (χ0v) is 25.5. The Morgan fingerprint density at radius 2 is 1.67 bits per heavy atom. The van der Waals surface area contributed by atoms with Crippen molar-refractivity contribution >= 4 is 35.1 Å². The van der Waals surface area contributed by atoms with Crippen LogP contribution in [0.15, 0.2) is 42.5 Å². The number of anilines is 2. The Kier molecular flexibility index (Phi) is 9.21. The van der Waals surface area contributed by atoms with Gasteiger partial charge in [0.1, 0.15) is 6.04 Å². The van der Waals surface area contributed by atoms with E-state index in [0.29, 0.717) is 44.1 Å². The molecule has 11 nitrogen and oxygen atoms in total. The van der Waals surface area contributed by atoms with E-state index in [9.17, 15) is 19.2 Å². The first-order valence-corrected chi connectivity index (χ1v) is 16.0. The maximum absolute atomic E-state index is 13.0. The molecule has 0 aromatic heterocycles. The topological polar surface area (TPSA) is 140 Å². The van der Waals surface area contributed by atoms with E-state index < -0.39 is 11.9 Å². The molecule has 45 heavy (non-hydrogen) atoms. The molecule has 3 heterocycles. The highest BCUT2D eigenvalue weighted by molar-refractivity contribution is 6.05. The molecule has 2 aromatic rings. The van der Waals surface area contributed by atoms with Crippen molar-refractivity contribution < 1.29 is 19.2 Å². The maximum atomic E-state index is 13.0. The van der Waals surface area contributed by atoms with Gasteiger partial charge in [0, 0.05) is 86.7 Å². The lowest BCUT2D eigenvalue weighted by Gasteiger charge is -2.37. The summed E-state index contributed by atoms with van der Waals surface area (Å²) in [6.45, 7) is 4.11. The Labute approximate surface area is 263 Å². The Hall–Kier alpha value is -4.56. The predicted octanol–water partition coefficient (Wildman–Crippen LogP) is 2.20. The van der Waals surface area contributed by atoms with Crippen LogP contribution < -0.4 is 26.6 Å². The summed E-state index contributed by atoms with van der Waals surface area (Å²) >= 11 is 0. The first-order chi connectivity index (χ1) is 21.9. The molecule has 0 spiro atoms. The second-order valence-corrected chi connectivity index (χ2v) is 12.3. The Morgan fingerprint density at radius 3 is 2.40 bits per heavy atom. The summed E-state index contributed by atoms with van der Waals surface area (Å²) < 4.78 is 0. The zero-order chi connectivity index (χ0) is 31.3. The number of nitrogens with zero attached hydrogens (tertiary/aromatic N) is 3. The van der Waals surface area contributed by atoms with Gasteiger partial charge in [0.25, 0.3) is 5.91 Å². The smallest absolute Gasteiger partial charge is 0.317 e. The Bertz CT molecular complexity index is 1500. The van der Waals surface area contributed by atoms with Gasteiger partial charge in [0.05, 0.1) is 0 Å². The minimum Gasteiger partial charge on any atom is -0.399 e. The van der Waals surface area contributed by atoms with Gasteiger partial charge in [-0.2, -0.15) is 0 Å². The van der Waals surface area contributed by atoms with Gasteiger partial charge in [-0.1, -0.05) is 17.9 Å². The van der Waals surface area contributed by atoms with E-state index >= 15 is 0 Å². The van der Waals surface area contributed by atoms with Crippen LogP contribution >= 0.6 is 0 Å². The highest BCUT2D eigenvalue weighted by Crippen LogP contribution is 2.29. The Morgan fingerprint density at radius 1 is 0.933 bits per heavy atom. The molecule has 2 saturated heterocycles. The molecule has 3 aliphatic heterocycles. The van der Waals surface area contributed by atoms with Gasteiger partial charge in [0.15, 0.2) is 0 Å². The van der Waals surface area contributed by atoms with E-state index in [4.69, 9.17) is 5.73 Å². The van der Waals surface area contributed by atoms with Crippen LogP contribution in [0, 0.1) is 11.8 Å². The number of benzene rings is 2. The minimum absolute atomic E-state index is 0.0352. The number of hydrogen-bond acceptors (Lipinski definition) is 7. The third-order valence-electron chi connectivity index (χ3n) is 9.37. The molecule has 1 unspecified atom stereocenters. The Balaban J connectivity index is 0.903. The summed E-state index contributed by atoms with van der Waals surface area (Å²) in [6.07, 6.45) is 5.17. The molecule has 236 valence electrons. The number of nitrogen functional groups attached to an aromatic ring is 1.